The average molecular weight is 311 g/mol. The minimum absolute atomic E-state index is 0.340. The fourth-order valence-electron chi connectivity index (χ4n) is 2.22. The molecule has 0 saturated heterocycles. The maximum Gasteiger partial charge on any atom is 0.212 e. The van der Waals surface area contributed by atoms with Gasteiger partial charge in [0, 0.05) is 11.9 Å². The summed E-state index contributed by atoms with van der Waals surface area (Å²) in [7, 11) is 0. The van der Waals surface area contributed by atoms with Crippen molar-refractivity contribution in [3.05, 3.63) is 60.2 Å². The van der Waals surface area contributed by atoms with Gasteiger partial charge < -0.3 is 0 Å². The van der Waals surface area contributed by atoms with E-state index in [1.807, 2.05) is 30.3 Å². The maximum atomic E-state index is 13.9. The Balaban J connectivity index is 1.84. The third-order valence-electron chi connectivity index (χ3n) is 3.29. The van der Waals surface area contributed by atoms with Gasteiger partial charge in [-0.15, -0.1) is 10.2 Å². The molecule has 1 aliphatic rings. The van der Waals surface area contributed by atoms with Gasteiger partial charge >= 0.3 is 0 Å². The van der Waals surface area contributed by atoms with Crippen LogP contribution in [-0.2, 0) is 0 Å². The van der Waals surface area contributed by atoms with Crippen molar-refractivity contribution >= 4 is 17.5 Å². The first-order valence-electron chi connectivity index (χ1n) is 6.64. The number of rotatable bonds is 2. The van der Waals surface area contributed by atoms with Gasteiger partial charge in [-0.05, 0) is 11.6 Å². The molecule has 0 saturated carbocycles. The minimum Gasteiger partial charge on any atom is -0.262 e. The fraction of sp³-hybridized carbons (Fsp3) is 0.0667. The largest absolute Gasteiger partial charge is 0.262 e. The normalized spacial score (nSPS) is 13.6. The van der Waals surface area contributed by atoms with E-state index >= 15 is 0 Å². The molecule has 5 nitrogen and oxygen atoms in total. The van der Waals surface area contributed by atoms with Crippen LogP contribution in [0.3, 0.4) is 0 Å². The third kappa shape index (κ3) is 2.19. The van der Waals surface area contributed by atoms with E-state index in [1.165, 1.54) is 18.0 Å². The van der Waals surface area contributed by atoms with Crippen LogP contribution in [0.25, 0.3) is 11.4 Å². The van der Waals surface area contributed by atoms with Crippen LogP contribution in [0, 0.1) is 5.82 Å². The molecule has 0 atom stereocenters. The predicted molar refractivity (Wildman–Crippen MR) is 82.3 cm³/mol. The molecular formula is C15H10FN5S. The van der Waals surface area contributed by atoms with Crippen LogP contribution in [0.2, 0.25) is 0 Å². The van der Waals surface area contributed by atoms with Crippen molar-refractivity contribution < 1.29 is 4.39 Å². The molecule has 1 aromatic carbocycles. The number of hydrogen-bond acceptors (Lipinski definition) is 5. The van der Waals surface area contributed by atoms with Gasteiger partial charge in [0.15, 0.2) is 11.6 Å². The third-order valence-corrected chi connectivity index (χ3v) is 4.22. The van der Waals surface area contributed by atoms with Crippen LogP contribution in [0.1, 0.15) is 5.56 Å². The lowest BCUT2D eigenvalue weighted by Crippen LogP contribution is -2.13. The first-order valence-corrected chi connectivity index (χ1v) is 7.63. The van der Waals surface area contributed by atoms with Gasteiger partial charge in [-0.3, -0.25) is 4.98 Å². The summed E-state index contributed by atoms with van der Waals surface area (Å²) in [6, 6.07) is 11.5. The van der Waals surface area contributed by atoms with Gasteiger partial charge in [0.05, 0.1) is 17.5 Å². The van der Waals surface area contributed by atoms with E-state index in [4.69, 9.17) is 0 Å². The van der Waals surface area contributed by atoms with Gasteiger partial charge in [0.25, 0.3) is 0 Å². The topological polar surface area (TPSA) is 56.0 Å². The molecule has 0 radical (unpaired) electrons. The second-order valence-corrected chi connectivity index (χ2v) is 5.62. The van der Waals surface area contributed by atoms with Crippen molar-refractivity contribution in [3.8, 4) is 11.4 Å². The lowest BCUT2D eigenvalue weighted by atomic mass is 10.1. The fourth-order valence-corrected chi connectivity index (χ4v) is 3.06. The number of pyridine rings is 1. The molecule has 4 rings (SSSR count). The molecule has 22 heavy (non-hydrogen) atoms. The van der Waals surface area contributed by atoms with Crippen LogP contribution in [0.15, 0.2) is 59.0 Å². The van der Waals surface area contributed by atoms with E-state index < -0.39 is 5.82 Å². The number of nitrogens with zero attached hydrogens (tertiary/aromatic N) is 5. The standard InChI is InChI=1S/C15H10FN5S/c16-12-8-17-7-6-11(12)14-18-19-15-21(14)20-13(9-22-15)10-4-2-1-3-5-10/h1-8H,9H2. The van der Waals surface area contributed by atoms with E-state index in [-0.39, 0.29) is 0 Å². The SMILES string of the molecule is Fc1cnccc1-c1nnc2n1N=C(c1ccccc1)CS2. The van der Waals surface area contributed by atoms with Crippen molar-refractivity contribution in [2.24, 2.45) is 5.10 Å². The molecule has 3 aromatic rings. The molecule has 108 valence electrons. The van der Waals surface area contributed by atoms with Crippen molar-refractivity contribution in [2.75, 3.05) is 5.75 Å². The van der Waals surface area contributed by atoms with Gasteiger partial charge in [-0.2, -0.15) is 9.78 Å². The van der Waals surface area contributed by atoms with E-state index in [9.17, 15) is 4.39 Å². The highest BCUT2D eigenvalue weighted by Crippen LogP contribution is 2.29. The molecule has 0 N–H and O–H groups in total. The molecule has 1 aliphatic heterocycles. The Bertz CT molecular complexity index is 859. The number of benzene rings is 1. The molecule has 7 heteroatoms. The molecule has 2 aromatic heterocycles. The van der Waals surface area contributed by atoms with Crippen LogP contribution < -0.4 is 0 Å². The Morgan fingerprint density at radius 2 is 1.95 bits per heavy atom. The summed E-state index contributed by atoms with van der Waals surface area (Å²) in [6.07, 6.45) is 2.69. The van der Waals surface area contributed by atoms with Crippen LogP contribution >= 0.6 is 11.8 Å². The molecular weight excluding hydrogens is 301 g/mol. The zero-order valence-electron chi connectivity index (χ0n) is 11.3. The van der Waals surface area contributed by atoms with Crippen LogP contribution in [0.4, 0.5) is 4.39 Å². The van der Waals surface area contributed by atoms with E-state index in [0.717, 1.165) is 17.5 Å². The number of thioether (sulfide) groups is 1. The summed E-state index contributed by atoms with van der Waals surface area (Å²) < 4.78 is 15.5. The minimum atomic E-state index is -0.440. The van der Waals surface area contributed by atoms with Crippen LogP contribution in [0.5, 0.6) is 0 Å². The van der Waals surface area contributed by atoms with E-state index in [2.05, 4.69) is 20.3 Å². The molecule has 0 fully saturated rings. The van der Waals surface area contributed by atoms with Crippen LogP contribution in [-0.4, -0.2) is 31.3 Å². The Morgan fingerprint density at radius 1 is 1.09 bits per heavy atom. The molecule has 0 spiro atoms. The maximum absolute atomic E-state index is 13.9. The first-order chi connectivity index (χ1) is 10.8. The Labute approximate surface area is 129 Å². The molecule has 0 amide bonds. The lowest BCUT2D eigenvalue weighted by molar-refractivity contribution is 0.621. The highest BCUT2D eigenvalue weighted by molar-refractivity contribution is 7.99. The van der Waals surface area contributed by atoms with E-state index in [0.29, 0.717) is 22.3 Å². The zero-order chi connectivity index (χ0) is 14.9. The van der Waals surface area contributed by atoms with Crippen molar-refractivity contribution in [1.82, 2.24) is 19.9 Å². The number of aromatic nitrogens is 4. The lowest BCUT2D eigenvalue weighted by Gasteiger charge is -2.13. The average Bonchev–Trinajstić information content (AvgIpc) is 2.99. The van der Waals surface area contributed by atoms with Gasteiger partial charge in [-0.1, -0.05) is 42.1 Å². The van der Waals surface area contributed by atoms with Crippen molar-refractivity contribution in [1.29, 1.82) is 0 Å². The molecule has 0 aliphatic carbocycles. The summed E-state index contributed by atoms with van der Waals surface area (Å²) in [4.78, 5) is 3.76. The highest BCUT2D eigenvalue weighted by atomic mass is 32.2. The highest BCUT2D eigenvalue weighted by Gasteiger charge is 2.22. The Kier molecular flexibility index (Phi) is 3.19. The summed E-state index contributed by atoms with van der Waals surface area (Å²) in [5, 5.41) is 13.4. The Morgan fingerprint density at radius 3 is 2.77 bits per heavy atom. The predicted octanol–water partition coefficient (Wildman–Crippen LogP) is 2.84. The molecule has 0 bridgehead atoms. The number of halogens is 1. The van der Waals surface area contributed by atoms with E-state index in [1.54, 1.807) is 10.7 Å². The Hall–Kier alpha value is -2.54. The van der Waals surface area contributed by atoms with Crippen molar-refractivity contribution in [3.63, 3.8) is 0 Å². The second kappa shape index (κ2) is 5.34. The van der Waals surface area contributed by atoms with Gasteiger partial charge in [0.2, 0.25) is 5.16 Å². The van der Waals surface area contributed by atoms with Gasteiger partial charge in [0.1, 0.15) is 0 Å². The van der Waals surface area contributed by atoms with Crippen molar-refractivity contribution in [2.45, 2.75) is 5.16 Å². The second-order valence-electron chi connectivity index (χ2n) is 4.67. The summed E-state index contributed by atoms with van der Waals surface area (Å²) in [6.45, 7) is 0. The zero-order valence-corrected chi connectivity index (χ0v) is 12.2. The van der Waals surface area contributed by atoms with Gasteiger partial charge in [-0.25, -0.2) is 4.39 Å². The molecule has 3 heterocycles. The monoisotopic (exact) mass is 311 g/mol. The quantitative estimate of drug-likeness (QED) is 0.730. The summed E-state index contributed by atoms with van der Waals surface area (Å²) in [5.74, 6) is 0.654. The number of fused-ring (bicyclic) bond motifs is 1. The summed E-state index contributed by atoms with van der Waals surface area (Å²) >= 11 is 1.53. The smallest absolute Gasteiger partial charge is 0.212 e. The first kappa shape index (κ1) is 13.1. The number of hydrogen-bond donors (Lipinski definition) is 0. The molecule has 0 unspecified atom stereocenters. The summed E-state index contributed by atoms with van der Waals surface area (Å²) in [5.41, 5.74) is 2.29.